The van der Waals surface area contributed by atoms with Gasteiger partial charge in [-0.3, -0.25) is 4.98 Å². The van der Waals surface area contributed by atoms with Crippen LogP contribution in [0.4, 0.5) is 0 Å². The molecular weight excluding hydrogens is 288 g/mol. The number of benzene rings is 2. The maximum absolute atomic E-state index is 12.4. The monoisotopic (exact) mass is 302 g/mol. The van der Waals surface area contributed by atoms with Crippen molar-refractivity contribution in [1.29, 1.82) is 5.26 Å². The van der Waals surface area contributed by atoms with Gasteiger partial charge in [0.15, 0.2) is 0 Å². The second-order valence-electron chi connectivity index (χ2n) is 5.21. The average Bonchev–Trinajstić information content (AvgIpc) is 2.59. The van der Waals surface area contributed by atoms with E-state index in [1.807, 2.05) is 31.2 Å². The standard InChI is InChI=1S/C19H14N2O2/c1-13-10-17(16-4-2-3-5-18(16)21-13)19(22)23-12-15-8-6-14(11-20)7-9-15/h2-10H,12H2,1H3. The molecule has 0 aliphatic heterocycles. The summed E-state index contributed by atoms with van der Waals surface area (Å²) in [5.41, 5.74) is 3.48. The number of hydrogen-bond acceptors (Lipinski definition) is 4. The molecular formula is C19H14N2O2. The lowest BCUT2D eigenvalue weighted by atomic mass is 10.1. The highest BCUT2D eigenvalue weighted by molar-refractivity contribution is 6.03. The highest BCUT2D eigenvalue weighted by atomic mass is 16.5. The molecule has 0 saturated carbocycles. The number of nitriles is 1. The number of aromatic nitrogens is 1. The van der Waals surface area contributed by atoms with Crippen LogP contribution in [-0.2, 0) is 11.3 Å². The fourth-order valence-corrected chi connectivity index (χ4v) is 2.38. The smallest absolute Gasteiger partial charge is 0.339 e. The summed E-state index contributed by atoms with van der Waals surface area (Å²) in [7, 11) is 0. The molecule has 0 bridgehead atoms. The lowest BCUT2D eigenvalue weighted by Crippen LogP contribution is -2.07. The quantitative estimate of drug-likeness (QED) is 0.691. The van der Waals surface area contributed by atoms with Crippen LogP contribution in [0.5, 0.6) is 0 Å². The second-order valence-corrected chi connectivity index (χ2v) is 5.21. The van der Waals surface area contributed by atoms with E-state index in [1.54, 1.807) is 30.3 Å². The molecule has 0 spiro atoms. The number of hydrogen-bond donors (Lipinski definition) is 0. The van der Waals surface area contributed by atoms with Crippen molar-refractivity contribution in [2.24, 2.45) is 0 Å². The molecule has 0 atom stereocenters. The fraction of sp³-hybridized carbons (Fsp3) is 0.105. The lowest BCUT2D eigenvalue weighted by molar-refractivity contribution is 0.0475. The summed E-state index contributed by atoms with van der Waals surface area (Å²) in [5, 5.41) is 9.56. The van der Waals surface area contributed by atoms with Gasteiger partial charge >= 0.3 is 5.97 Å². The van der Waals surface area contributed by atoms with Gasteiger partial charge in [-0.25, -0.2) is 4.79 Å². The van der Waals surface area contributed by atoms with Gasteiger partial charge in [0, 0.05) is 11.1 Å². The molecule has 0 unspecified atom stereocenters. The Kier molecular flexibility index (Phi) is 4.03. The average molecular weight is 302 g/mol. The molecule has 0 saturated heterocycles. The molecule has 0 aliphatic rings. The predicted molar refractivity (Wildman–Crippen MR) is 86.8 cm³/mol. The van der Waals surface area contributed by atoms with E-state index in [2.05, 4.69) is 11.1 Å². The predicted octanol–water partition coefficient (Wildman–Crippen LogP) is 3.77. The van der Waals surface area contributed by atoms with Gasteiger partial charge in [0.2, 0.25) is 0 Å². The van der Waals surface area contributed by atoms with Gasteiger partial charge in [-0.2, -0.15) is 5.26 Å². The number of fused-ring (bicyclic) bond motifs is 1. The molecule has 4 heteroatoms. The van der Waals surface area contributed by atoms with E-state index >= 15 is 0 Å². The van der Waals surface area contributed by atoms with Crippen molar-refractivity contribution < 1.29 is 9.53 Å². The van der Waals surface area contributed by atoms with E-state index in [0.29, 0.717) is 11.1 Å². The molecule has 23 heavy (non-hydrogen) atoms. The third kappa shape index (κ3) is 3.19. The first-order valence-corrected chi connectivity index (χ1v) is 7.20. The molecule has 1 aromatic heterocycles. The SMILES string of the molecule is Cc1cc(C(=O)OCc2ccc(C#N)cc2)c2ccccc2n1. The van der Waals surface area contributed by atoms with Crippen molar-refractivity contribution in [3.63, 3.8) is 0 Å². The van der Waals surface area contributed by atoms with Gasteiger partial charge in [0.05, 0.1) is 22.7 Å². The summed E-state index contributed by atoms with van der Waals surface area (Å²) in [5.74, 6) is -0.379. The summed E-state index contributed by atoms with van der Waals surface area (Å²) in [6.45, 7) is 2.02. The number of aryl methyl sites for hydroxylation is 1. The van der Waals surface area contributed by atoms with Crippen LogP contribution in [0.3, 0.4) is 0 Å². The summed E-state index contributed by atoms with van der Waals surface area (Å²) in [4.78, 5) is 16.8. The number of carbonyl (C=O) groups excluding carboxylic acids is 1. The van der Waals surface area contributed by atoms with Gasteiger partial charge in [-0.15, -0.1) is 0 Å². The number of ether oxygens (including phenoxy) is 1. The van der Waals surface area contributed by atoms with Crippen molar-refractivity contribution in [1.82, 2.24) is 4.98 Å². The summed E-state index contributed by atoms with van der Waals surface area (Å²) in [6.07, 6.45) is 0. The minimum absolute atomic E-state index is 0.167. The van der Waals surface area contributed by atoms with Crippen molar-refractivity contribution in [2.45, 2.75) is 13.5 Å². The highest BCUT2D eigenvalue weighted by Gasteiger charge is 2.13. The van der Waals surface area contributed by atoms with Crippen LogP contribution in [0.1, 0.15) is 27.2 Å². The summed E-state index contributed by atoms with van der Waals surface area (Å²) in [6, 6.07) is 18.3. The molecule has 4 nitrogen and oxygen atoms in total. The number of nitrogens with zero attached hydrogens (tertiary/aromatic N) is 2. The van der Waals surface area contributed by atoms with Crippen molar-refractivity contribution in [3.05, 3.63) is 77.0 Å². The molecule has 2 aromatic carbocycles. The van der Waals surface area contributed by atoms with Crippen molar-refractivity contribution in [3.8, 4) is 6.07 Å². The topological polar surface area (TPSA) is 63.0 Å². The molecule has 3 aromatic rings. The van der Waals surface area contributed by atoms with Gasteiger partial charge < -0.3 is 4.74 Å². The summed E-state index contributed by atoms with van der Waals surface area (Å²) >= 11 is 0. The molecule has 0 radical (unpaired) electrons. The maximum Gasteiger partial charge on any atom is 0.339 e. The Labute approximate surface area is 134 Å². The number of esters is 1. The first-order valence-electron chi connectivity index (χ1n) is 7.20. The Morgan fingerprint density at radius 1 is 1.17 bits per heavy atom. The first kappa shape index (κ1) is 14.7. The molecule has 0 aliphatic carbocycles. The van der Waals surface area contributed by atoms with Gasteiger partial charge in [0.25, 0.3) is 0 Å². The zero-order valence-corrected chi connectivity index (χ0v) is 12.6. The molecule has 1 heterocycles. The molecule has 3 rings (SSSR count). The van der Waals surface area contributed by atoms with Crippen LogP contribution >= 0.6 is 0 Å². The van der Waals surface area contributed by atoms with E-state index in [-0.39, 0.29) is 12.6 Å². The maximum atomic E-state index is 12.4. The van der Waals surface area contributed by atoms with Crippen molar-refractivity contribution in [2.75, 3.05) is 0 Å². The van der Waals surface area contributed by atoms with Crippen LogP contribution in [0.25, 0.3) is 10.9 Å². The third-order valence-corrected chi connectivity index (χ3v) is 3.52. The largest absolute Gasteiger partial charge is 0.457 e. The van der Waals surface area contributed by atoms with Gasteiger partial charge in [-0.05, 0) is 36.8 Å². The van der Waals surface area contributed by atoms with E-state index in [9.17, 15) is 4.79 Å². The van der Waals surface area contributed by atoms with Gasteiger partial charge in [0.1, 0.15) is 6.61 Å². The number of pyridine rings is 1. The molecule has 112 valence electrons. The Morgan fingerprint density at radius 2 is 1.91 bits per heavy atom. The highest BCUT2D eigenvalue weighted by Crippen LogP contribution is 2.19. The Morgan fingerprint density at radius 3 is 2.65 bits per heavy atom. The normalized spacial score (nSPS) is 10.3. The molecule has 0 amide bonds. The molecule has 0 fully saturated rings. The number of rotatable bonds is 3. The fourth-order valence-electron chi connectivity index (χ4n) is 2.38. The van der Waals surface area contributed by atoms with Crippen LogP contribution in [0.15, 0.2) is 54.6 Å². The van der Waals surface area contributed by atoms with E-state index in [4.69, 9.17) is 10.00 Å². The third-order valence-electron chi connectivity index (χ3n) is 3.52. The van der Waals surface area contributed by atoms with Crippen LogP contribution in [-0.4, -0.2) is 11.0 Å². The zero-order chi connectivity index (χ0) is 16.2. The van der Waals surface area contributed by atoms with Crippen LogP contribution in [0, 0.1) is 18.3 Å². The minimum Gasteiger partial charge on any atom is -0.457 e. The Bertz CT molecular complexity index is 909. The first-order chi connectivity index (χ1) is 11.2. The van der Waals surface area contributed by atoms with E-state index < -0.39 is 0 Å². The van der Waals surface area contributed by atoms with Crippen LogP contribution in [0.2, 0.25) is 0 Å². The Balaban J connectivity index is 1.82. The van der Waals surface area contributed by atoms with E-state index in [1.165, 1.54) is 0 Å². The Hall–Kier alpha value is -3.19. The minimum atomic E-state index is -0.379. The van der Waals surface area contributed by atoms with Crippen molar-refractivity contribution >= 4 is 16.9 Å². The lowest BCUT2D eigenvalue weighted by Gasteiger charge is -2.08. The number of carbonyl (C=O) groups is 1. The van der Waals surface area contributed by atoms with Crippen LogP contribution < -0.4 is 0 Å². The second kappa shape index (κ2) is 6.29. The zero-order valence-electron chi connectivity index (χ0n) is 12.6. The van der Waals surface area contributed by atoms with E-state index in [0.717, 1.165) is 22.2 Å². The van der Waals surface area contributed by atoms with Gasteiger partial charge in [-0.1, -0.05) is 30.3 Å². The number of para-hydroxylation sites is 1. The summed E-state index contributed by atoms with van der Waals surface area (Å²) < 4.78 is 5.40. The molecule has 0 N–H and O–H groups in total.